The summed E-state index contributed by atoms with van der Waals surface area (Å²) in [7, 11) is 0. The van der Waals surface area contributed by atoms with E-state index in [1.165, 1.54) is 11.8 Å². The Labute approximate surface area is 269 Å². The average molecular weight is 666 g/mol. The molecular weight excluding hydrogens is 630 g/mol. The molecule has 1 aromatic carbocycles. The number of hydrogen-bond acceptors (Lipinski definition) is 11. The van der Waals surface area contributed by atoms with Gasteiger partial charge in [-0.1, -0.05) is 36.7 Å². The predicted octanol–water partition coefficient (Wildman–Crippen LogP) is 5.27. The summed E-state index contributed by atoms with van der Waals surface area (Å²) in [5, 5.41) is 14.7. The molecule has 2 N–H and O–H groups in total. The van der Waals surface area contributed by atoms with Gasteiger partial charge in [0.2, 0.25) is 5.91 Å². The van der Waals surface area contributed by atoms with Crippen molar-refractivity contribution in [1.29, 1.82) is 0 Å². The first-order chi connectivity index (χ1) is 21.1. The van der Waals surface area contributed by atoms with E-state index in [-0.39, 0.29) is 47.7 Å². The van der Waals surface area contributed by atoms with Crippen LogP contribution in [0.5, 0.6) is 5.75 Å². The highest BCUT2D eigenvalue weighted by Crippen LogP contribution is 2.35. The van der Waals surface area contributed by atoms with Crippen molar-refractivity contribution in [3.63, 3.8) is 0 Å². The highest BCUT2D eigenvalue weighted by molar-refractivity contribution is 8.00. The van der Waals surface area contributed by atoms with E-state index in [1.807, 2.05) is 4.57 Å². The maximum Gasteiger partial charge on any atom is 0.348 e. The number of nitrogens with zero attached hydrogens (tertiary/aromatic N) is 3. The van der Waals surface area contributed by atoms with Crippen molar-refractivity contribution >= 4 is 63.5 Å². The molecule has 2 amide bonds. The van der Waals surface area contributed by atoms with E-state index in [1.54, 1.807) is 52.0 Å². The number of thioether (sulfide) groups is 1. The van der Waals surface area contributed by atoms with Gasteiger partial charge >= 0.3 is 11.9 Å². The van der Waals surface area contributed by atoms with Gasteiger partial charge in [0.15, 0.2) is 17.6 Å². The van der Waals surface area contributed by atoms with Crippen molar-refractivity contribution in [2.75, 3.05) is 25.1 Å². The van der Waals surface area contributed by atoms with Crippen molar-refractivity contribution < 1.29 is 33.4 Å². The van der Waals surface area contributed by atoms with Crippen molar-refractivity contribution in [2.24, 2.45) is 0 Å². The Kier molecular flexibility index (Phi) is 13.5. The maximum atomic E-state index is 13.3. The van der Waals surface area contributed by atoms with Crippen LogP contribution in [-0.4, -0.2) is 63.6 Å². The van der Waals surface area contributed by atoms with Gasteiger partial charge in [0, 0.05) is 11.6 Å². The summed E-state index contributed by atoms with van der Waals surface area (Å²) in [6.45, 7) is 9.55. The van der Waals surface area contributed by atoms with Gasteiger partial charge in [-0.25, -0.2) is 9.59 Å². The third kappa shape index (κ3) is 9.44. The second-order valence-electron chi connectivity index (χ2n) is 9.37. The zero-order valence-corrected chi connectivity index (χ0v) is 27.6. The Morgan fingerprint density at radius 1 is 1.05 bits per heavy atom. The summed E-state index contributed by atoms with van der Waals surface area (Å²) < 4.78 is 17.7. The van der Waals surface area contributed by atoms with Crippen LogP contribution in [0.15, 0.2) is 29.4 Å². The molecule has 44 heavy (non-hydrogen) atoms. The average Bonchev–Trinajstić information content (AvgIpc) is 3.53. The molecule has 238 valence electrons. The molecular formula is C29H36ClN5O7S2. The number of benzene rings is 1. The second-order valence-corrected chi connectivity index (χ2v) is 12.1. The Hall–Kier alpha value is -3.62. The number of carbonyl (C=O) groups is 4. The highest BCUT2D eigenvalue weighted by Gasteiger charge is 2.29. The first-order valence-electron chi connectivity index (χ1n) is 14.1. The quantitative estimate of drug-likeness (QED) is 0.153. The molecule has 3 rings (SSSR count). The van der Waals surface area contributed by atoms with Crippen LogP contribution in [0.3, 0.4) is 0 Å². The lowest BCUT2D eigenvalue weighted by molar-refractivity contribution is -0.123. The first-order valence-corrected chi connectivity index (χ1v) is 16.2. The van der Waals surface area contributed by atoms with E-state index >= 15 is 0 Å². The number of esters is 2. The van der Waals surface area contributed by atoms with Crippen LogP contribution in [0.4, 0.5) is 5.00 Å². The van der Waals surface area contributed by atoms with Gasteiger partial charge in [0.05, 0.1) is 30.6 Å². The first kappa shape index (κ1) is 34.9. The maximum absolute atomic E-state index is 13.3. The van der Waals surface area contributed by atoms with E-state index in [4.69, 9.17) is 25.8 Å². The fraction of sp³-hybridized carbons (Fsp3) is 0.448. The van der Waals surface area contributed by atoms with Gasteiger partial charge in [-0.2, -0.15) is 0 Å². The Morgan fingerprint density at radius 2 is 1.73 bits per heavy atom. The zero-order valence-electron chi connectivity index (χ0n) is 25.2. The topological polar surface area (TPSA) is 151 Å². The van der Waals surface area contributed by atoms with Gasteiger partial charge in [0.1, 0.15) is 15.6 Å². The molecule has 12 nitrogen and oxygen atoms in total. The van der Waals surface area contributed by atoms with Crippen molar-refractivity contribution in [2.45, 2.75) is 71.0 Å². The van der Waals surface area contributed by atoms with Gasteiger partial charge in [-0.15, -0.1) is 21.5 Å². The highest BCUT2D eigenvalue weighted by atomic mass is 35.5. The number of unbranched alkanes of at least 4 members (excludes halogenated alkanes) is 1. The van der Waals surface area contributed by atoms with Crippen LogP contribution in [-0.2, 0) is 32.2 Å². The van der Waals surface area contributed by atoms with Gasteiger partial charge in [-0.3, -0.25) is 9.59 Å². The SMILES string of the molecule is CCCCn1c(CNC(=O)COc2ccc(Cl)cc2)nnc1SC(C)C(=O)Nc1sc(C(=O)OCC)c(C)c1C(=O)OCC. The number of carbonyl (C=O) groups excluding carboxylic acids is 4. The molecule has 0 aliphatic rings. The lowest BCUT2D eigenvalue weighted by Crippen LogP contribution is -2.29. The Bertz CT molecular complexity index is 1460. The summed E-state index contributed by atoms with van der Waals surface area (Å²) in [6.07, 6.45) is 1.75. The molecule has 0 aliphatic carbocycles. The number of nitrogens with one attached hydrogen (secondary N) is 2. The van der Waals surface area contributed by atoms with Crippen molar-refractivity contribution in [1.82, 2.24) is 20.1 Å². The molecule has 0 radical (unpaired) electrons. The molecule has 1 unspecified atom stereocenters. The summed E-state index contributed by atoms with van der Waals surface area (Å²) in [5.41, 5.74) is 0.502. The monoisotopic (exact) mass is 665 g/mol. The second kappa shape index (κ2) is 17.0. The Balaban J connectivity index is 1.70. The lowest BCUT2D eigenvalue weighted by atomic mass is 10.1. The minimum Gasteiger partial charge on any atom is -0.484 e. The van der Waals surface area contributed by atoms with Gasteiger partial charge in [-0.05, 0) is 63.9 Å². The largest absolute Gasteiger partial charge is 0.484 e. The standard InChI is InChI=1S/C29H36ClN5O7S2/c1-6-9-14-35-21(15-31-22(36)16-42-20-12-10-19(30)11-13-20)33-34-29(35)43-18(5)25(37)32-26-23(27(38)40-7-2)17(4)24(44-26)28(39)41-8-3/h10-13,18H,6-9,14-16H2,1-5H3,(H,31,36)(H,32,37). The minimum atomic E-state index is -0.654. The molecule has 0 bridgehead atoms. The third-order valence-electron chi connectivity index (χ3n) is 6.13. The molecule has 15 heteroatoms. The molecule has 0 saturated carbocycles. The number of ether oxygens (including phenoxy) is 3. The molecule has 2 heterocycles. The van der Waals surface area contributed by atoms with Crippen molar-refractivity contribution in [3.05, 3.63) is 51.1 Å². The number of hydrogen-bond donors (Lipinski definition) is 2. The van der Waals surface area contributed by atoms with Crippen molar-refractivity contribution in [3.8, 4) is 5.75 Å². The van der Waals surface area contributed by atoms with Crippen LogP contribution in [0.2, 0.25) is 5.02 Å². The van der Waals surface area contributed by atoms with Gasteiger partial charge < -0.3 is 29.4 Å². The van der Waals surface area contributed by atoms with Crippen LogP contribution in [0.1, 0.15) is 72.0 Å². The number of halogens is 1. The molecule has 0 aliphatic heterocycles. The fourth-order valence-corrected chi connectivity index (χ4v) is 5.96. The molecule has 3 aromatic rings. The molecule has 0 fully saturated rings. The van der Waals surface area contributed by atoms with E-state index in [2.05, 4.69) is 27.8 Å². The fourth-order valence-electron chi connectivity index (χ4n) is 3.85. The number of anilines is 1. The molecule has 1 atom stereocenters. The minimum absolute atomic E-state index is 0.120. The number of rotatable bonds is 16. The number of thiophene rings is 1. The molecule has 2 aromatic heterocycles. The van der Waals surface area contributed by atoms with Crippen LogP contribution in [0, 0.1) is 6.92 Å². The zero-order chi connectivity index (χ0) is 32.2. The van der Waals surface area contributed by atoms with E-state index in [0.717, 1.165) is 24.2 Å². The summed E-state index contributed by atoms with van der Waals surface area (Å²) >= 11 is 8.03. The van der Waals surface area contributed by atoms with E-state index in [9.17, 15) is 19.2 Å². The summed E-state index contributed by atoms with van der Waals surface area (Å²) in [5.74, 6) is -0.911. The summed E-state index contributed by atoms with van der Waals surface area (Å²) in [6, 6.07) is 6.70. The number of aromatic nitrogens is 3. The third-order valence-corrected chi connectivity index (χ3v) is 8.65. The predicted molar refractivity (Wildman–Crippen MR) is 169 cm³/mol. The molecule has 0 saturated heterocycles. The number of amides is 2. The normalized spacial score (nSPS) is 11.5. The molecule has 0 spiro atoms. The smallest absolute Gasteiger partial charge is 0.348 e. The van der Waals surface area contributed by atoms with E-state index < -0.39 is 23.1 Å². The summed E-state index contributed by atoms with van der Waals surface area (Å²) in [4.78, 5) is 51.1. The van der Waals surface area contributed by atoms with Crippen LogP contribution in [0.25, 0.3) is 0 Å². The van der Waals surface area contributed by atoms with Gasteiger partial charge in [0.25, 0.3) is 5.91 Å². The lowest BCUT2D eigenvalue weighted by Gasteiger charge is -2.14. The van der Waals surface area contributed by atoms with Crippen LogP contribution >= 0.6 is 34.7 Å². The Morgan fingerprint density at radius 3 is 2.39 bits per heavy atom. The van der Waals surface area contributed by atoms with Crippen LogP contribution < -0.4 is 15.4 Å². The van der Waals surface area contributed by atoms with E-state index in [0.29, 0.717) is 33.9 Å².